The number of hydrogen-bond acceptors (Lipinski definition) is 4. The molecule has 0 radical (unpaired) electrons. The Kier molecular flexibility index (Phi) is 4.27. The van der Waals surface area contributed by atoms with Crippen molar-refractivity contribution in [2.45, 2.75) is 38.6 Å². The lowest BCUT2D eigenvalue weighted by Gasteiger charge is -2.41. The second-order valence-corrected chi connectivity index (χ2v) is 6.02. The fourth-order valence-electron chi connectivity index (χ4n) is 3.27. The van der Waals surface area contributed by atoms with Crippen molar-refractivity contribution in [1.82, 2.24) is 10.3 Å². The van der Waals surface area contributed by atoms with Crippen LogP contribution in [0.1, 0.15) is 32.6 Å². The van der Waals surface area contributed by atoms with Crippen LogP contribution in [0.4, 0.5) is 11.6 Å². The lowest BCUT2D eigenvalue weighted by atomic mass is 9.85. The standard InChI is InChI=1S/C16H24N4O/c1-2-9-17-14-4-3-5-15(19-14)20-10-8-13-12(11-20)6-7-16(21)18-13/h3-5,12-13H,2,6-11H2,1H3,(H,17,19)(H,18,21). The Bertz CT molecular complexity index is 505. The molecule has 0 spiro atoms. The number of fused-ring (bicyclic) bond motifs is 1. The summed E-state index contributed by atoms with van der Waals surface area (Å²) in [6.45, 7) is 5.06. The van der Waals surface area contributed by atoms with Crippen LogP contribution in [0.25, 0.3) is 0 Å². The van der Waals surface area contributed by atoms with E-state index in [0.29, 0.717) is 18.4 Å². The van der Waals surface area contributed by atoms with Crippen molar-refractivity contribution in [3.63, 3.8) is 0 Å². The summed E-state index contributed by atoms with van der Waals surface area (Å²) >= 11 is 0. The zero-order chi connectivity index (χ0) is 14.7. The number of pyridine rings is 1. The van der Waals surface area contributed by atoms with Crippen LogP contribution in [0.2, 0.25) is 0 Å². The summed E-state index contributed by atoms with van der Waals surface area (Å²) in [7, 11) is 0. The molecule has 3 rings (SSSR count). The third-order valence-electron chi connectivity index (χ3n) is 4.44. The van der Waals surface area contributed by atoms with Crippen molar-refractivity contribution in [2.75, 3.05) is 29.9 Å². The van der Waals surface area contributed by atoms with Gasteiger partial charge in [-0.2, -0.15) is 0 Å². The molecule has 2 fully saturated rings. The van der Waals surface area contributed by atoms with Gasteiger partial charge in [0.1, 0.15) is 11.6 Å². The summed E-state index contributed by atoms with van der Waals surface area (Å²) in [6, 6.07) is 6.53. The van der Waals surface area contributed by atoms with Gasteiger partial charge in [-0.05, 0) is 37.3 Å². The van der Waals surface area contributed by atoms with Crippen LogP contribution >= 0.6 is 0 Å². The summed E-state index contributed by atoms with van der Waals surface area (Å²) in [5.41, 5.74) is 0. The monoisotopic (exact) mass is 288 g/mol. The number of carbonyl (C=O) groups is 1. The highest BCUT2D eigenvalue weighted by Gasteiger charge is 2.34. The predicted molar refractivity (Wildman–Crippen MR) is 84.5 cm³/mol. The molecular formula is C16H24N4O. The predicted octanol–water partition coefficient (Wildman–Crippen LogP) is 2.01. The minimum atomic E-state index is 0.216. The van der Waals surface area contributed by atoms with Gasteiger partial charge in [-0.3, -0.25) is 4.79 Å². The van der Waals surface area contributed by atoms with Crippen molar-refractivity contribution in [2.24, 2.45) is 5.92 Å². The van der Waals surface area contributed by atoms with Crippen molar-refractivity contribution in [3.05, 3.63) is 18.2 Å². The van der Waals surface area contributed by atoms with Gasteiger partial charge < -0.3 is 15.5 Å². The molecule has 114 valence electrons. The zero-order valence-electron chi connectivity index (χ0n) is 12.6. The van der Waals surface area contributed by atoms with Gasteiger partial charge in [0.2, 0.25) is 5.91 Å². The summed E-state index contributed by atoms with van der Waals surface area (Å²) in [6.07, 6.45) is 3.78. The van der Waals surface area contributed by atoms with Gasteiger partial charge in [-0.15, -0.1) is 0 Å². The van der Waals surface area contributed by atoms with Gasteiger partial charge in [-0.25, -0.2) is 4.98 Å². The molecule has 2 aliphatic heterocycles. The van der Waals surface area contributed by atoms with Crippen molar-refractivity contribution in [3.8, 4) is 0 Å². The summed E-state index contributed by atoms with van der Waals surface area (Å²) in [4.78, 5) is 18.5. The number of amides is 1. The maximum absolute atomic E-state index is 11.5. The number of anilines is 2. The number of hydrogen-bond donors (Lipinski definition) is 2. The van der Waals surface area contributed by atoms with E-state index in [-0.39, 0.29) is 5.91 Å². The fourth-order valence-corrected chi connectivity index (χ4v) is 3.27. The summed E-state index contributed by atoms with van der Waals surface area (Å²) in [5.74, 6) is 2.78. The maximum atomic E-state index is 11.5. The molecule has 2 unspecified atom stereocenters. The van der Waals surface area contributed by atoms with E-state index in [2.05, 4.69) is 34.6 Å². The van der Waals surface area contributed by atoms with Gasteiger partial charge in [0, 0.05) is 32.1 Å². The van der Waals surface area contributed by atoms with Crippen LogP contribution in [0.15, 0.2) is 18.2 Å². The highest BCUT2D eigenvalue weighted by molar-refractivity contribution is 5.77. The molecular weight excluding hydrogens is 264 g/mol. The van der Waals surface area contributed by atoms with Crippen LogP contribution in [0.3, 0.4) is 0 Å². The van der Waals surface area contributed by atoms with Crippen LogP contribution in [0.5, 0.6) is 0 Å². The number of carbonyl (C=O) groups excluding carboxylic acids is 1. The van der Waals surface area contributed by atoms with E-state index in [1.54, 1.807) is 0 Å². The Labute approximate surface area is 126 Å². The second kappa shape index (κ2) is 6.33. The topological polar surface area (TPSA) is 57.3 Å². The van der Waals surface area contributed by atoms with Crippen LogP contribution in [0, 0.1) is 5.92 Å². The summed E-state index contributed by atoms with van der Waals surface area (Å²) < 4.78 is 0. The molecule has 1 aromatic heterocycles. The SMILES string of the molecule is CCCNc1cccc(N2CCC3NC(=O)CCC3C2)n1. The van der Waals surface area contributed by atoms with E-state index >= 15 is 0 Å². The molecule has 1 amide bonds. The maximum Gasteiger partial charge on any atom is 0.220 e. The normalized spacial score (nSPS) is 25.2. The Balaban J connectivity index is 1.66. The molecule has 2 atom stereocenters. The van der Waals surface area contributed by atoms with Crippen molar-refractivity contribution >= 4 is 17.5 Å². The molecule has 21 heavy (non-hydrogen) atoms. The minimum Gasteiger partial charge on any atom is -0.370 e. The lowest BCUT2D eigenvalue weighted by molar-refractivity contribution is -0.124. The fraction of sp³-hybridized carbons (Fsp3) is 0.625. The minimum absolute atomic E-state index is 0.216. The molecule has 3 heterocycles. The van der Waals surface area contributed by atoms with Gasteiger partial charge >= 0.3 is 0 Å². The molecule has 1 aromatic rings. The van der Waals surface area contributed by atoms with Crippen molar-refractivity contribution in [1.29, 1.82) is 0 Å². The Morgan fingerprint density at radius 3 is 3.19 bits per heavy atom. The van der Waals surface area contributed by atoms with E-state index in [1.807, 2.05) is 6.07 Å². The molecule has 5 nitrogen and oxygen atoms in total. The van der Waals surface area contributed by atoms with E-state index in [4.69, 9.17) is 4.98 Å². The number of nitrogens with one attached hydrogen (secondary N) is 2. The molecule has 2 aliphatic rings. The first-order chi connectivity index (χ1) is 10.3. The van der Waals surface area contributed by atoms with Gasteiger partial charge in [-0.1, -0.05) is 13.0 Å². The highest BCUT2D eigenvalue weighted by Crippen LogP contribution is 2.28. The smallest absolute Gasteiger partial charge is 0.220 e. The Hall–Kier alpha value is -1.78. The van der Waals surface area contributed by atoms with E-state index < -0.39 is 0 Å². The average Bonchev–Trinajstić information content (AvgIpc) is 2.52. The molecule has 5 heteroatoms. The van der Waals surface area contributed by atoms with Crippen LogP contribution < -0.4 is 15.5 Å². The zero-order valence-corrected chi connectivity index (χ0v) is 12.6. The van der Waals surface area contributed by atoms with Gasteiger partial charge in [0.15, 0.2) is 0 Å². The van der Waals surface area contributed by atoms with E-state index in [9.17, 15) is 4.79 Å². The molecule has 0 aromatic carbocycles. The Morgan fingerprint density at radius 1 is 1.43 bits per heavy atom. The largest absolute Gasteiger partial charge is 0.370 e. The van der Waals surface area contributed by atoms with Gasteiger partial charge in [0.25, 0.3) is 0 Å². The quantitative estimate of drug-likeness (QED) is 0.890. The first-order valence-electron chi connectivity index (χ1n) is 8.01. The first-order valence-corrected chi connectivity index (χ1v) is 8.01. The van der Waals surface area contributed by atoms with E-state index in [1.165, 1.54) is 0 Å². The van der Waals surface area contributed by atoms with E-state index in [0.717, 1.165) is 50.5 Å². The Morgan fingerprint density at radius 2 is 2.33 bits per heavy atom. The lowest BCUT2D eigenvalue weighted by Crippen LogP contribution is -2.54. The molecule has 0 aliphatic carbocycles. The number of piperidine rings is 2. The number of rotatable bonds is 4. The third-order valence-corrected chi connectivity index (χ3v) is 4.44. The first kappa shape index (κ1) is 14.2. The summed E-state index contributed by atoms with van der Waals surface area (Å²) in [5, 5.41) is 6.47. The van der Waals surface area contributed by atoms with Gasteiger partial charge in [0.05, 0.1) is 0 Å². The number of nitrogens with zero attached hydrogens (tertiary/aromatic N) is 2. The number of aromatic nitrogens is 1. The van der Waals surface area contributed by atoms with Crippen molar-refractivity contribution < 1.29 is 4.79 Å². The second-order valence-electron chi connectivity index (χ2n) is 6.02. The molecule has 0 bridgehead atoms. The van der Waals surface area contributed by atoms with Crippen LogP contribution in [-0.2, 0) is 4.79 Å². The molecule has 2 saturated heterocycles. The average molecular weight is 288 g/mol. The van der Waals surface area contributed by atoms with Crippen LogP contribution in [-0.4, -0.2) is 36.6 Å². The molecule has 0 saturated carbocycles. The third kappa shape index (κ3) is 3.28. The highest BCUT2D eigenvalue weighted by atomic mass is 16.1. The molecule has 2 N–H and O–H groups in total.